The first-order valence-electron chi connectivity index (χ1n) is 10.5. The van der Waals surface area contributed by atoms with Crippen molar-refractivity contribution in [1.82, 2.24) is 9.88 Å². The van der Waals surface area contributed by atoms with E-state index in [1.807, 2.05) is 54.7 Å². The first-order chi connectivity index (χ1) is 15.2. The second kappa shape index (κ2) is 8.37. The third-order valence-corrected chi connectivity index (χ3v) is 5.77. The second-order valence-electron chi connectivity index (χ2n) is 7.81. The molecule has 1 aromatic heterocycles. The average Bonchev–Trinajstić information content (AvgIpc) is 3.34. The number of ether oxygens (including phenoxy) is 1. The summed E-state index contributed by atoms with van der Waals surface area (Å²) in [6.45, 7) is 3.88. The molecule has 3 heterocycles. The molecule has 0 radical (unpaired) electrons. The van der Waals surface area contributed by atoms with Gasteiger partial charge in [0.15, 0.2) is 0 Å². The van der Waals surface area contributed by atoms with Crippen LogP contribution in [-0.2, 0) is 14.3 Å². The van der Waals surface area contributed by atoms with Gasteiger partial charge in [-0.25, -0.2) is 0 Å². The lowest BCUT2D eigenvalue weighted by Gasteiger charge is -2.26. The molecule has 2 aromatic carbocycles. The van der Waals surface area contributed by atoms with Crippen molar-refractivity contribution in [2.24, 2.45) is 0 Å². The van der Waals surface area contributed by atoms with Crippen molar-refractivity contribution in [2.45, 2.75) is 6.42 Å². The Morgan fingerprint density at radius 3 is 2.87 bits per heavy atom. The van der Waals surface area contributed by atoms with Gasteiger partial charge in [-0.3, -0.25) is 14.5 Å². The molecule has 0 atom stereocenters. The van der Waals surface area contributed by atoms with Crippen LogP contribution in [0.4, 0.5) is 11.4 Å². The number of para-hydroxylation sites is 1. The van der Waals surface area contributed by atoms with Crippen LogP contribution in [0, 0.1) is 0 Å². The van der Waals surface area contributed by atoms with E-state index in [1.54, 1.807) is 0 Å². The SMILES string of the molecule is O=C(CCN1CCOCC1)Nc1ccc2c(c1)/C(=C\c1c[nH]c3ccccc13)C(=O)N2. The Hall–Kier alpha value is -3.42. The Balaban J connectivity index is 1.34. The van der Waals surface area contributed by atoms with Crippen LogP contribution in [0.25, 0.3) is 22.6 Å². The van der Waals surface area contributed by atoms with Crippen LogP contribution < -0.4 is 10.6 Å². The van der Waals surface area contributed by atoms with E-state index in [0.29, 0.717) is 24.2 Å². The number of nitrogens with zero attached hydrogens (tertiary/aromatic N) is 1. The lowest BCUT2D eigenvalue weighted by atomic mass is 10.0. The molecule has 1 saturated heterocycles. The predicted octanol–water partition coefficient (Wildman–Crippen LogP) is 3.32. The molecule has 0 unspecified atom stereocenters. The molecule has 158 valence electrons. The number of anilines is 2. The second-order valence-corrected chi connectivity index (χ2v) is 7.81. The number of amides is 2. The van der Waals surface area contributed by atoms with Crippen molar-refractivity contribution in [2.75, 3.05) is 43.5 Å². The van der Waals surface area contributed by atoms with Crippen LogP contribution in [0.1, 0.15) is 17.5 Å². The molecule has 5 rings (SSSR count). The highest BCUT2D eigenvalue weighted by molar-refractivity contribution is 6.35. The number of aromatic amines is 1. The molecule has 2 amide bonds. The first-order valence-corrected chi connectivity index (χ1v) is 10.5. The Morgan fingerprint density at radius 2 is 2.00 bits per heavy atom. The van der Waals surface area contributed by atoms with Crippen LogP contribution in [0.2, 0.25) is 0 Å². The summed E-state index contributed by atoms with van der Waals surface area (Å²) in [4.78, 5) is 30.5. The normalized spacial score (nSPS) is 17.7. The fraction of sp³-hybridized carbons (Fsp3) is 0.250. The Kier molecular flexibility index (Phi) is 5.28. The Bertz CT molecular complexity index is 1170. The van der Waals surface area contributed by atoms with E-state index in [9.17, 15) is 9.59 Å². The van der Waals surface area contributed by atoms with Crippen molar-refractivity contribution >= 4 is 45.7 Å². The summed E-state index contributed by atoms with van der Waals surface area (Å²) in [6.07, 6.45) is 4.22. The van der Waals surface area contributed by atoms with Gasteiger partial charge in [0, 0.05) is 71.2 Å². The Labute approximate surface area is 180 Å². The number of benzene rings is 2. The molecule has 3 aromatic rings. The first kappa shape index (κ1) is 19.5. The summed E-state index contributed by atoms with van der Waals surface area (Å²) < 4.78 is 5.34. The number of aromatic nitrogens is 1. The minimum Gasteiger partial charge on any atom is -0.379 e. The largest absolute Gasteiger partial charge is 0.379 e. The lowest BCUT2D eigenvalue weighted by molar-refractivity contribution is -0.116. The highest BCUT2D eigenvalue weighted by Gasteiger charge is 2.25. The number of H-pyrrole nitrogens is 1. The van der Waals surface area contributed by atoms with Crippen molar-refractivity contribution < 1.29 is 14.3 Å². The summed E-state index contributed by atoms with van der Waals surface area (Å²) in [7, 11) is 0. The van der Waals surface area contributed by atoms with Crippen molar-refractivity contribution in [3.8, 4) is 0 Å². The topological polar surface area (TPSA) is 86.5 Å². The van der Waals surface area contributed by atoms with E-state index in [2.05, 4.69) is 20.5 Å². The Morgan fingerprint density at radius 1 is 1.16 bits per heavy atom. The van der Waals surface area contributed by atoms with Gasteiger partial charge in [0.2, 0.25) is 5.91 Å². The van der Waals surface area contributed by atoms with Crippen LogP contribution >= 0.6 is 0 Å². The van der Waals surface area contributed by atoms with Crippen molar-refractivity contribution in [1.29, 1.82) is 0 Å². The maximum atomic E-state index is 12.6. The van der Waals surface area contributed by atoms with Crippen LogP contribution in [-0.4, -0.2) is 54.5 Å². The molecule has 31 heavy (non-hydrogen) atoms. The third kappa shape index (κ3) is 4.10. The predicted molar refractivity (Wildman–Crippen MR) is 122 cm³/mol. The van der Waals surface area contributed by atoms with Crippen molar-refractivity contribution in [3.63, 3.8) is 0 Å². The highest BCUT2D eigenvalue weighted by Crippen LogP contribution is 2.36. The summed E-state index contributed by atoms with van der Waals surface area (Å²) in [6, 6.07) is 13.5. The van der Waals surface area contributed by atoms with Crippen molar-refractivity contribution in [3.05, 3.63) is 59.8 Å². The maximum Gasteiger partial charge on any atom is 0.256 e. The smallest absolute Gasteiger partial charge is 0.256 e. The minimum absolute atomic E-state index is 0.0362. The number of carbonyl (C=O) groups is 2. The number of hydrogen-bond acceptors (Lipinski definition) is 4. The number of nitrogens with one attached hydrogen (secondary N) is 3. The number of fused-ring (bicyclic) bond motifs is 2. The summed E-state index contributed by atoms with van der Waals surface area (Å²) in [5, 5.41) is 6.93. The average molecular weight is 416 g/mol. The zero-order valence-electron chi connectivity index (χ0n) is 17.1. The number of rotatable bonds is 5. The number of morpholine rings is 1. The quantitative estimate of drug-likeness (QED) is 0.557. The molecule has 3 N–H and O–H groups in total. The summed E-state index contributed by atoms with van der Waals surface area (Å²) in [5.74, 6) is -0.179. The molecule has 7 nitrogen and oxygen atoms in total. The van der Waals surface area contributed by atoms with Gasteiger partial charge in [0.25, 0.3) is 5.91 Å². The fourth-order valence-electron chi connectivity index (χ4n) is 4.09. The van der Waals surface area contributed by atoms with Crippen LogP contribution in [0.5, 0.6) is 0 Å². The number of hydrogen-bond donors (Lipinski definition) is 3. The maximum absolute atomic E-state index is 12.6. The zero-order valence-corrected chi connectivity index (χ0v) is 17.1. The van der Waals surface area contributed by atoms with E-state index < -0.39 is 0 Å². The zero-order chi connectivity index (χ0) is 21.2. The van der Waals surface area contributed by atoms with Gasteiger partial charge in [0.1, 0.15) is 0 Å². The molecular weight excluding hydrogens is 392 g/mol. The third-order valence-electron chi connectivity index (χ3n) is 5.77. The summed E-state index contributed by atoms with van der Waals surface area (Å²) in [5.41, 5.74) is 4.79. The lowest BCUT2D eigenvalue weighted by Crippen LogP contribution is -2.38. The summed E-state index contributed by atoms with van der Waals surface area (Å²) >= 11 is 0. The fourth-order valence-corrected chi connectivity index (χ4v) is 4.09. The van der Waals surface area contributed by atoms with Gasteiger partial charge >= 0.3 is 0 Å². The molecule has 1 fully saturated rings. The molecule has 7 heteroatoms. The van der Waals surface area contributed by atoms with E-state index in [0.717, 1.165) is 54.0 Å². The van der Waals surface area contributed by atoms with Gasteiger partial charge in [-0.05, 0) is 30.3 Å². The van der Waals surface area contributed by atoms with E-state index in [1.165, 1.54) is 0 Å². The number of carbonyl (C=O) groups excluding carboxylic acids is 2. The molecule has 0 bridgehead atoms. The molecule has 0 saturated carbocycles. The minimum atomic E-state index is -0.143. The van der Waals surface area contributed by atoms with E-state index in [4.69, 9.17) is 4.74 Å². The monoisotopic (exact) mass is 416 g/mol. The van der Waals surface area contributed by atoms with Gasteiger partial charge in [-0.15, -0.1) is 0 Å². The van der Waals surface area contributed by atoms with Gasteiger partial charge < -0.3 is 20.4 Å². The molecule has 0 spiro atoms. The van der Waals surface area contributed by atoms with Gasteiger partial charge in [-0.1, -0.05) is 18.2 Å². The van der Waals surface area contributed by atoms with E-state index >= 15 is 0 Å². The standard InChI is InChI=1S/C24H24N4O3/c29-23(7-8-28-9-11-31-12-10-28)26-17-5-6-22-19(14-17)20(24(30)27-22)13-16-15-25-21-4-2-1-3-18(16)21/h1-6,13-15,25H,7-12H2,(H,26,29)(H,27,30)/b20-13+. The van der Waals surface area contributed by atoms with E-state index in [-0.39, 0.29) is 11.8 Å². The molecule has 2 aliphatic rings. The molecule has 2 aliphatic heterocycles. The van der Waals surface area contributed by atoms with Gasteiger partial charge in [-0.2, -0.15) is 0 Å². The molecule has 0 aliphatic carbocycles. The van der Waals surface area contributed by atoms with Gasteiger partial charge in [0.05, 0.1) is 13.2 Å². The van der Waals surface area contributed by atoms with Crippen LogP contribution in [0.3, 0.4) is 0 Å². The highest BCUT2D eigenvalue weighted by atomic mass is 16.5. The van der Waals surface area contributed by atoms with Crippen LogP contribution in [0.15, 0.2) is 48.7 Å². The molecular formula is C24H24N4O3.